The van der Waals surface area contributed by atoms with Crippen molar-refractivity contribution in [2.75, 3.05) is 6.54 Å². The highest BCUT2D eigenvalue weighted by Crippen LogP contribution is 2.12. The summed E-state index contributed by atoms with van der Waals surface area (Å²) in [6.45, 7) is 0.825. The van der Waals surface area contributed by atoms with Crippen molar-refractivity contribution in [2.24, 2.45) is 5.73 Å². The summed E-state index contributed by atoms with van der Waals surface area (Å²) in [7, 11) is -3.70. The molecule has 0 bridgehead atoms. The Morgan fingerprint density at radius 3 is 2.90 bits per heavy atom. The van der Waals surface area contributed by atoms with Gasteiger partial charge in [-0.3, -0.25) is 9.67 Å². The van der Waals surface area contributed by atoms with Gasteiger partial charge < -0.3 is 5.73 Å². The quantitative estimate of drug-likeness (QED) is 0.529. The zero-order chi connectivity index (χ0) is 15.3. The van der Waals surface area contributed by atoms with Crippen LogP contribution < -0.4 is 10.5 Å². The van der Waals surface area contributed by atoms with Gasteiger partial charge in [-0.25, -0.2) is 13.1 Å². The third-order valence-electron chi connectivity index (χ3n) is 2.62. The Morgan fingerprint density at radius 1 is 1.43 bits per heavy atom. The average molecular weight is 326 g/mol. The lowest BCUT2D eigenvalue weighted by molar-refractivity contribution is 0.542. The second kappa shape index (κ2) is 6.70. The van der Waals surface area contributed by atoms with Gasteiger partial charge in [-0.1, -0.05) is 17.4 Å². The third-order valence-corrected chi connectivity index (χ3v) is 4.31. The fourth-order valence-corrected chi connectivity index (χ4v) is 3.14. The molecule has 0 aromatic carbocycles. The monoisotopic (exact) mass is 326 g/mol. The molecule has 0 saturated heterocycles. The minimum Gasteiger partial charge on any atom is -0.388 e. The van der Waals surface area contributed by atoms with Crippen molar-refractivity contribution < 1.29 is 8.42 Å². The van der Waals surface area contributed by atoms with E-state index >= 15 is 0 Å². The van der Waals surface area contributed by atoms with Crippen molar-refractivity contribution in [3.63, 3.8) is 0 Å². The van der Waals surface area contributed by atoms with Crippen LogP contribution in [0.5, 0.6) is 0 Å². The molecule has 8 nitrogen and oxygen atoms in total. The Morgan fingerprint density at radius 2 is 2.24 bits per heavy atom. The molecule has 112 valence electrons. The Bertz CT molecular complexity index is 714. The lowest BCUT2D eigenvalue weighted by Gasteiger charge is -2.09. The van der Waals surface area contributed by atoms with Crippen LogP contribution in [-0.2, 0) is 16.6 Å². The van der Waals surface area contributed by atoms with E-state index < -0.39 is 10.0 Å². The molecule has 2 aromatic heterocycles. The second-order valence-corrected chi connectivity index (χ2v) is 6.31. The molecule has 0 saturated carbocycles. The number of nitrogens with one attached hydrogen (secondary N) is 1. The van der Waals surface area contributed by atoms with Gasteiger partial charge in [0.25, 0.3) is 0 Å². The van der Waals surface area contributed by atoms with E-state index in [0.717, 1.165) is 0 Å². The molecule has 2 rings (SSSR count). The van der Waals surface area contributed by atoms with E-state index in [2.05, 4.69) is 20.0 Å². The number of aromatic nitrogens is 4. The first-order valence-corrected chi connectivity index (χ1v) is 7.98. The van der Waals surface area contributed by atoms with Crippen molar-refractivity contribution in [3.05, 3.63) is 36.4 Å². The Hall–Kier alpha value is -1.91. The molecule has 0 radical (unpaired) electrons. The van der Waals surface area contributed by atoms with E-state index in [1.165, 1.54) is 18.3 Å². The smallest absolute Gasteiger partial charge is 0.242 e. The van der Waals surface area contributed by atoms with Crippen LogP contribution in [0.15, 0.2) is 35.6 Å². The summed E-state index contributed by atoms with van der Waals surface area (Å²) in [5.41, 5.74) is 5.58. The minimum absolute atomic E-state index is 0.0155. The Labute approximate surface area is 127 Å². The number of sulfonamides is 1. The highest BCUT2D eigenvalue weighted by molar-refractivity contribution is 7.89. The SMILES string of the molecule is NC(=S)c1ncccc1S(=O)(=O)NCCCn1ccnn1. The van der Waals surface area contributed by atoms with Crippen molar-refractivity contribution in [1.82, 2.24) is 24.7 Å². The van der Waals surface area contributed by atoms with Gasteiger partial charge in [0, 0.05) is 25.5 Å². The normalized spacial score (nSPS) is 11.4. The summed E-state index contributed by atoms with van der Waals surface area (Å²) in [4.78, 5) is 3.83. The van der Waals surface area contributed by atoms with E-state index in [0.29, 0.717) is 13.0 Å². The molecule has 2 heterocycles. The zero-order valence-electron chi connectivity index (χ0n) is 11.0. The first kappa shape index (κ1) is 15.5. The average Bonchev–Trinajstić information content (AvgIpc) is 2.97. The van der Waals surface area contributed by atoms with Gasteiger partial charge in [-0.2, -0.15) is 0 Å². The second-order valence-electron chi connectivity index (χ2n) is 4.13. The molecule has 2 aromatic rings. The fourth-order valence-electron chi connectivity index (χ4n) is 1.67. The van der Waals surface area contributed by atoms with Gasteiger partial charge in [-0.05, 0) is 18.6 Å². The summed E-state index contributed by atoms with van der Waals surface area (Å²) in [5.74, 6) is 0. The van der Waals surface area contributed by atoms with Crippen LogP contribution in [0.4, 0.5) is 0 Å². The first-order chi connectivity index (χ1) is 10.0. The van der Waals surface area contributed by atoms with Gasteiger partial charge in [0.2, 0.25) is 10.0 Å². The predicted molar refractivity (Wildman–Crippen MR) is 80.0 cm³/mol. The molecule has 0 amide bonds. The molecular formula is C11H14N6O2S2. The molecule has 0 aliphatic heterocycles. The van der Waals surface area contributed by atoms with Crippen LogP contribution in [0.2, 0.25) is 0 Å². The molecule has 21 heavy (non-hydrogen) atoms. The summed E-state index contributed by atoms with van der Waals surface area (Å²) >= 11 is 4.81. The maximum absolute atomic E-state index is 12.2. The minimum atomic E-state index is -3.70. The van der Waals surface area contributed by atoms with Crippen LogP contribution in [-0.4, -0.2) is 39.9 Å². The topological polar surface area (TPSA) is 116 Å². The van der Waals surface area contributed by atoms with Crippen molar-refractivity contribution in [3.8, 4) is 0 Å². The van der Waals surface area contributed by atoms with Gasteiger partial charge in [-0.15, -0.1) is 5.10 Å². The third kappa shape index (κ3) is 4.03. The van der Waals surface area contributed by atoms with Crippen LogP contribution in [0.3, 0.4) is 0 Å². The summed E-state index contributed by atoms with van der Waals surface area (Å²) in [6, 6.07) is 2.94. The van der Waals surface area contributed by atoms with Gasteiger partial charge in [0.1, 0.15) is 15.6 Å². The molecule has 0 spiro atoms. The largest absolute Gasteiger partial charge is 0.388 e. The standard InChI is InChI=1S/C11H14N6O2S2/c12-11(20)10-9(3-1-4-13-10)21(18,19)15-5-2-7-17-8-6-14-16-17/h1,3-4,6,8,15H,2,5,7H2,(H2,12,20). The number of rotatable bonds is 7. The lowest BCUT2D eigenvalue weighted by atomic mass is 10.3. The van der Waals surface area contributed by atoms with E-state index in [9.17, 15) is 8.42 Å². The number of nitrogens with zero attached hydrogens (tertiary/aromatic N) is 4. The van der Waals surface area contributed by atoms with Gasteiger partial charge >= 0.3 is 0 Å². The fraction of sp³-hybridized carbons (Fsp3) is 0.273. The van der Waals surface area contributed by atoms with Crippen LogP contribution in [0.1, 0.15) is 12.1 Å². The van der Waals surface area contributed by atoms with Crippen LogP contribution in [0.25, 0.3) is 0 Å². The summed E-state index contributed by atoms with van der Waals surface area (Å²) in [5, 5.41) is 7.46. The van der Waals surface area contributed by atoms with Gasteiger partial charge in [0.05, 0.1) is 6.20 Å². The number of nitrogens with two attached hydrogens (primary N) is 1. The molecule has 0 atom stereocenters. The Kier molecular flexibility index (Phi) is 4.94. The zero-order valence-corrected chi connectivity index (χ0v) is 12.6. The van der Waals surface area contributed by atoms with Crippen molar-refractivity contribution >= 4 is 27.2 Å². The van der Waals surface area contributed by atoms with E-state index in [1.54, 1.807) is 17.1 Å². The van der Waals surface area contributed by atoms with E-state index in [1.807, 2.05) is 0 Å². The molecule has 0 aliphatic carbocycles. The highest BCUT2D eigenvalue weighted by atomic mass is 32.2. The number of pyridine rings is 1. The number of thiocarbonyl (C=S) groups is 1. The van der Waals surface area contributed by atoms with Gasteiger partial charge in [0.15, 0.2) is 0 Å². The van der Waals surface area contributed by atoms with E-state index in [-0.39, 0.29) is 22.1 Å². The van der Waals surface area contributed by atoms with E-state index in [4.69, 9.17) is 18.0 Å². The lowest BCUT2D eigenvalue weighted by Crippen LogP contribution is -2.28. The maximum Gasteiger partial charge on any atom is 0.242 e. The molecule has 0 unspecified atom stereocenters. The van der Waals surface area contributed by atoms with Crippen molar-refractivity contribution in [2.45, 2.75) is 17.9 Å². The molecular weight excluding hydrogens is 312 g/mol. The Balaban J connectivity index is 2.00. The number of hydrogen-bond acceptors (Lipinski definition) is 6. The molecule has 0 fully saturated rings. The predicted octanol–water partition coefficient (Wildman–Crippen LogP) is -0.324. The van der Waals surface area contributed by atoms with Crippen LogP contribution >= 0.6 is 12.2 Å². The summed E-state index contributed by atoms with van der Waals surface area (Å²) < 4.78 is 28.5. The molecule has 10 heteroatoms. The summed E-state index contributed by atoms with van der Waals surface area (Å²) in [6.07, 6.45) is 5.29. The number of aryl methyl sites for hydroxylation is 1. The highest BCUT2D eigenvalue weighted by Gasteiger charge is 2.19. The van der Waals surface area contributed by atoms with Crippen LogP contribution in [0, 0.1) is 0 Å². The first-order valence-electron chi connectivity index (χ1n) is 6.09. The maximum atomic E-state index is 12.2. The number of hydrogen-bond donors (Lipinski definition) is 2. The molecule has 0 aliphatic rings. The molecule has 3 N–H and O–H groups in total. The van der Waals surface area contributed by atoms with Crippen molar-refractivity contribution in [1.29, 1.82) is 0 Å².